The van der Waals surface area contributed by atoms with Gasteiger partial charge in [0, 0.05) is 5.69 Å². The third-order valence-electron chi connectivity index (χ3n) is 4.36. The van der Waals surface area contributed by atoms with E-state index in [1.807, 2.05) is 31.2 Å². The van der Waals surface area contributed by atoms with Crippen LogP contribution in [0.1, 0.15) is 36.7 Å². The van der Waals surface area contributed by atoms with Gasteiger partial charge in [-0.15, -0.1) is 0 Å². The summed E-state index contributed by atoms with van der Waals surface area (Å²) in [5.41, 5.74) is 2.48. The Hall–Kier alpha value is -3.12. The van der Waals surface area contributed by atoms with Gasteiger partial charge in [-0.25, -0.2) is 9.69 Å². The van der Waals surface area contributed by atoms with E-state index in [2.05, 4.69) is 5.32 Å². The van der Waals surface area contributed by atoms with Crippen LogP contribution in [0, 0.1) is 0 Å². The number of hydrogen-bond acceptors (Lipinski definition) is 5. The molecule has 3 rings (SSSR count). The van der Waals surface area contributed by atoms with Gasteiger partial charge in [0.15, 0.2) is 0 Å². The molecule has 0 saturated carbocycles. The second kappa shape index (κ2) is 8.49. The molecule has 0 saturated heterocycles. The predicted octanol–water partition coefficient (Wildman–Crippen LogP) is 4.25. The summed E-state index contributed by atoms with van der Waals surface area (Å²) in [6.45, 7) is 5.56. The molecular weight excluding hydrogens is 392 g/mol. The molecule has 0 spiro atoms. The highest BCUT2D eigenvalue weighted by molar-refractivity contribution is 6.53. The van der Waals surface area contributed by atoms with Crippen LogP contribution < -0.4 is 10.2 Å². The zero-order valence-electron chi connectivity index (χ0n) is 16.4. The Morgan fingerprint density at radius 2 is 1.66 bits per heavy atom. The summed E-state index contributed by atoms with van der Waals surface area (Å²) in [7, 11) is 0. The lowest BCUT2D eigenvalue weighted by Crippen LogP contribution is -2.32. The number of esters is 1. The van der Waals surface area contributed by atoms with Crippen molar-refractivity contribution >= 4 is 40.8 Å². The fourth-order valence-corrected chi connectivity index (χ4v) is 3.06. The van der Waals surface area contributed by atoms with Crippen LogP contribution in [0.5, 0.6) is 0 Å². The van der Waals surface area contributed by atoms with Crippen molar-refractivity contribution < 1.29 is 19.1 Å². The van der Waals surface area contributed by atoms with Crippen molar-refractivity contribution in [2.24, 2.45) is 0 Å². The number of amides is 2. The first-order valence-electron chi connectivity index (χ1n) is 9.27. The summed E-state index contributed by atoms with van der Waals surface area (Å²) in [5.74, 6) is -1.65. The number of ether oxygens (including phenoxy) is 1. The SMILES string of the molecule is CCc1ccc(NC2=C(Cl)C(=O)N(c3ccc(C(=O)OC(C)C)cc3)C2=O)cc1. The molecule has 0 fully saturated rings. The number of halogens is 1. The molecule has 0 aromatic heterocycles. The predicted molar refractivity (Wildman–Crippen MR) is 112 cm³/mol. The van der Waals surface area contributed by atoms with E-state index in [-0.39, 0.29) is 16.8 Å². The van der Waals surface area contributed by atoms with E-state index in [0.717, 1.165) is 16.9 Å². The smallest absolute Gasteiger partial charge is 0.338 e. The van der Waals surface area contributed by atoms with Crippen molar-refractivity contribution in [2.45, 2.75) is 33.3 Å². The first-order chi connectivity index (χ1) is 13.8. The molecule has 0 atom stereocenters. The molecule has 0 bridgehead atoms. The maximum atomic E-state index is 12.8. The van der Waals surface area contributed by atoms with Gasteiger partial charge in [-0.1, -0.05) is 30.7 Å². The second-order valence-corrected chi connectivity index (χ2v) is 7.19. The van der Waals surface area contributed by atoms with Crippen molar-refractivity contribution in [1.82, 2.24) is 0 Å². The first-order valence-corrected chi connectivity index (χ1v) is 9.65. The van der Waals surface area contributed by atoms with Crippen LogP contribution >= 0.6 is 11.6 Å². The summed E-state index contributed by atoms with van der Waals surface area (Å²) < 4.78 is 5.14. The monoisotopic (exact) mass is 412 g/mol. The molecule has 1 aliphatic heterocycles. The zero-order valence-corrected chi connectivity index (χ0v) is 17.1. The Balaban J connectivity index is 1.79. The molecule has 2 amide bonds. The Morgan fingerprint density at radius 1 is 1.03 bits per heavy atom. The van der Waals surface area contributed by atoms with E-state index >= 15 is 0 Å². The Labute approximate surface area is 174 Å². The lowest BCUT2D eigenvalue weighted by Gasteiger charge is -2.16. The number of benzene rings is 2. The third-order valence-corrected chi connectivity index (χ3v) is 4.71. The van der Waals surface area contributed by atoms with Crippen molar-refractivity contribution in [2.75, 3.05) is 10.2 Å². The van der Waals surface area contributed by atoms with Gasteiger partial charge in [0.1, 0.15) is 10.7 Å². The Bertz CT molecular complexity index is 979. The Kier molecular flexibility index (Phi) is 6.03. The molecule has 2 aromatic rings. The Morgan fingerprint density at radius 3 is 2.21 bits per heavy atom. The molecule has 2 aromatic carbocycles. The molecule has 0 aliphatic carbocycles. The molecule has 1 aliphatic rings. The third kappa shape index (κ3) is 4.32. The standard InChI is InChI=1S/C22H21ClN2O4/c1-4-14-5-9-16(10-6-14)24-19-18(23)20(26)25(21(19)27)17-11-7-15(8-12-17)22(28)29-13(2)3/h5-13,24H,4H2,1-3H3. The van der Waals surface area contributed by atoms with Gasteiger partial charge in [0.25, 0.3) is 11.8 Å². The number of rotatable bonds is 6. The molecule has 150 valence electrons. The normalized spacial score (nSPS) is 14.0. The van der Waals surface area contributed by atoms with Gasteiger partial charge in [-0.2, -0.15) is 0 Å². The highest BCUT2D eigenvalue weighted by atomic mass is 35.5. The minimum atomic E-state index is -0.623. The summed E-state index contributed by atoms with van der Waals surface area (Å²) in [4.78, 5) is 38.3. The van der Waals surface area contributed by atoms with Crippen LogP contribution in [0.25, 0.3) is 0 Å². The van der Waals surface area contributed by atoms with Gasteiger partial charge in [-0.3, -0.25) is 9.59 Å². The van der Waals surface area contributed by atoms with Gasteiger partial charge in [0.2, 0.25) is 0 Å². The second-order valence-electron chi connectivity index (χ2n) is 6.81. The van der Waals surface area contributed by atoms with Gasteiger partial charge < -0.3 is 10.1 Å². The number of imide groups is 1. The lowest BCUT2D eigenvalue weighted by molar-refractivity contribution is -0.120. The molecule has 7 heteroatoms. The van der Waals surface area contributed by atoms with Crippen molar-refractivity contribution in [1.29, 1.82) is 0 Å². The quantitative estimate of drug-likeness (QED) is 0.567. The average molecular weight is 413 g/mol. The highest BCUT2D eigenvalue weighted by Gasteiger charge is 2.39. The lowest BCUT2D eigenvalue weighted by atomic mass is 10.1. The van der Waals surface area contributed by atoms with E-state index in [1.54, 1.807) is 13.8 Å². The number of aryl methyl sites for hydroxylation is 1. The maximum Gasteiger partial charge on any atom is 0.338 e. The number of nitrogens with one attached hydrogen (secondary N) is 1. The molecule has 0 radical (unpaired) electrons. The molecule has 1 N–H and O–H groups in total. The minimum Gasteiger partial charge on any atom is -0.459 e. The van der Waals surface area contributed by atoms with Gasteiger partial charge >= 0.3 is 5.97 Å². The largest absolute Gasteiger partial charge is 0.459 e. The maximum absolute atomic E-state index is 12.8. The van der Waals surface area contributed by atoms with Crippen LogP contribution in [0.3, 0.4) is 0 Å². The topological polar surface area (TPSA) is 75.7 Å². The van der Waals surface area contributed by atoms with Crippen LogP contribution in [0.15, 0.2) is 59.3 Å². The van der Waals surface area contributed by atoms with Crippen LogP contribution in [0.2, 0.25) is 0 Å². The van der Waals surface area contributed by atoms with Crippen LogP contribution in [0.4, 0.5) is 11.4 Å². The van der Waals surface area contributed by atoms with Crippen LogP contribution in [-0.4, -0.2) is 23.9 Å². The summed E-state index contributed by atoms with van der Waals surface area (Å²) in [6.07, 6.45) is 0.655. The fourth-order valence-electron chi connectivity index (χ4n) is 2.84. The van der Waals surface area contributed by atoms with E-state index in [4.69, 9.17) is 16.3 Å². The summed E-state index contributed by atoms with van der Waals surface area (Å²) >= 11 is 6.15. The zero-order chi connectivity index (χ0) is 21.1. The van der Waals surface area contributed by atoms with Gasteiger partial charge in [0.05, 0.1) is 17.4 Å². The van der Waals surface area contributed by atoms with E-state index in [1.165, 1.54) is 24.3 Å². The van der Waals surface area contributed by atoms with Crippen molar-refractivity contribution in [3.8, 4) is 0 Å². The average Bonchev–Trinajstić information content (AvgIpc) is 2.91. The minimum absolute atomic E-state index is 0.0178. The fraction of sp³-hybridized carbons (Fsp3) is 0.227. The highest BCUT2D eigenvalue weighted by Crippen LogP contribution is 2.30. The van der Waals surface area contributed by atoms with Crippen molar-refractivity contribution in [3.63, 3.8) is 0 Å². The van der Waals surface area contributed by atoms with E-state index in [0.29, 0.717) is 16.9 Å². The molecule has 29 heavy (non-hydrogen) atoms. The van der Waals surface area contributed by atoms with Gasteiger partial charge in [-0.05, 0) is 62.2 Å². The summed E-state index contributed by atoms with van der Waals surface area (Å²) in [5, 5.41) is 2.75. The molecule has 0 unspecified atom stereocenters. The number of nitrogens with zero attached hydrogens (tertiary/aromatic N) is 1. The van der Waals surface area contributed by atoms with Crippen LogP contribution in [-0.2, 0) is 20.7 Å². The number of anilines is 2. The molecule has 6 nitrogen and oxygen atoms in total. The van der Waals surface area contributed by atoms with E-state index < -0.39 is 17.8 Å². The molecular formula is C22H21ClN2O4. The molecule has 1 heterocycles. The first kappa shape index (κ1) is 20.6. The number of carbonyl (C=O) groups is 3. The number of hydrogen-bond donors (Lipinski definition) is 1. The number of carbonyl (C=O) groups excluding carboxylic acids is 3. The van der Waals surface area contributed by atoms with Crippen molar-refractivity contribution in [3.05, 3.63) is 70.4 Å². The summed E-state index contributed by atoms with van der Waals surface area (Å²) in [6, 6.07) is 13.5. The van der Waals surface area contributed by atoms with E-state index in [9.17, 15) is 14.4 Å².